The van der Waals surface area contributed by atoms with E-state index in [1.54, 1.807) is 18.9 Å². The molecule has 0 aliphatic rings. The summed E-state index contributed by atoms with van der Waals surface area (Å²) in [5, 5.41) is 1.07. The summed E-state index contributed by atoms with van der Waals surface area (Å²) in [5.74, 6) is 0.938. The highest BCUT2D eigenvalue weighted by atomic mass is 32.2. The number of hydrogen-bond acceptors (Lipinski definition) is 3. The minimum atomic E-state index is 0.938. The van der Waals surface area contributed by atoms with Gasteiger partial charge in [-0.15, -0.1) is 11.8 Å². The zero-order valence-corrected chi connectivity index (χ0v) is 10.7. The molecule has 0 spiro atoms. The first-order chi connectivity index (χ1) is 7.15. The van der Waals surface area contributed by atoms with Gasteiger partial charge in [0.05, 0.1) is 12.2 Å². The number of ether oxygens (including phenoxy) is 1. The van der Waals surface area contributed by atoms with Gasteiger partial charge in [0, 0.05) is 12.6 Å². The van der Waals surface area contributed by atoms with Gasteiger partial charge in [0.25, 0.3) is 0 Å². The molecule has 0 atom stereocenters. The largest absolute Gasteiger partial charge is 0.496 e. The Bertz CT molecular complexity index is 385. The smallest absolute Gasteiger partial charge is 0.122 e. The van der Waals surface area contributed by atoms with Gasteiger partial charge in [-0.1, -0.05) is 0 Å². The Kier molecular flexibility index (Phi) is 4.21. The highest BCUT2D eigenvalue weighted by Crippen LogP contribution is 2.26. The highest BCUT2D eigenvalue weighted by Gasteiger charge is 2.10. The second kappa shape index (κ2) is 5.21. The van der Waals surface area contributed by atoms with Crippen LogP contribution in [-0.4, -0.2) is 25.5 Å². The van der Waals surface area contributed by atoms with Crippen LogP contribution in [0.2, 0.25) is 0 Å². The van der Waals surface area contributed by atoms with Crippen molar-refractivity contribution in [3.8, 4) is 5.75 Å². The first-order valence-electron chi connectivity index (χ1n) is 4.81. The molecule has 0 N–H and O–H groups in total. The van der Waals surface area contributed by atoms with Gasteiger partial charge in [0.15, 0.2) is 0 Å². The minimum Gasteiger partial charge on any atom is -0.496 e. The van der Waals surface area contributed by atoms with E-state index in [2.05, 4.69) is 24.9 Å². The molecule has 1 rings (SSSR count). The zero-order valence-electron chi connectivity index (χ0n) is 9.92. The molecule has 0 amide bonds. The Morgan fingerprint density at radius 2 is 1.93 bits per heavy atom. The van der Waals surface area contributed by atoms with Crippen LogP contribution < -0.4 is 4.74 Å². The van der Waals surface area contributed by atoms with Crippen molar-refractivity contribution in [3.05, 3.63) is 28.8 Å². The van der Waals surface area contributed by atoms with Crippen molar-refractivity contribution in [1.29, 1.82) is 0 Å². The molecule has 1 aromatic rings. The van der Waals surface area contributed by atoms with Gasteiger partial charge < -0.3 is 4.74 Å². The van der Waals surface area contributed by atoms with Gasteiger partial charge in [0.2, 0.25) is 0 Å². The Morgan fingerprint density at radius 3 is 2.40 bits per heavy atom. The normalized spacial score (nSPS) is 11.7. The molecule has 0 unspecified atom stereocenters. The third kappa shape index (κ3) is 2.34. The highest BCUT2D eigenvalue weighted by molar-refractivity contribution is 8.13. The minimum absolute atomic E-state index is 0.938. The van der Waals surface area contributed by atoms with E-state index in [-0.39, 0.29) is 0 Å². The van der Waals surface area contributed by atoms with Crippen LogP contribution in [0.15, 0.2) is 17.1 Å². The fourth-order valence-corrected chi connectivity index (χ4v) is 2.19. The molecule has 82 valence electrons. The van der Waals surface area contributed by atoms with Gasteiger partial charge in [-0.2, -0.15) is 0 Å². The van der Waals surface area contributed by atoms with E-state index in [0.717, 1.165) is 10.8 Å². The lowest BCUT2D eigenvalue weighted by Crippen LogP contribution is -2.01. The molecule has 0 bridgehead atoms. The summed E-state index contributed by atoms with van der Waals surface area (Å²) in [5.41, 5.74) is 3.62. The van der Waals surface area contributed by atoms with Gasteiger partial charge in [0.1, 0.15) is 5.75 Å². The Morgan fingerprint density at radius 1 is 1.27 bits per heavy atom. The molecule has 0 heterocycles. The van der Waals surface area contributed by atoms with E-state index in [1.165, 1.54) is 16.7 Å². The molecule has 0 radical (unpaired) electrons. The van der Waals surface area contributed by atoms with Crippen molar-refractivity contribution in [1.82, 2.24) is 0 Å². The summed E-state index contributed by atoms with van der Waals surface area (Å²) in [6, 6.07) is 4.07. The fourth-order valence-electron chi connectivity index (χ4n) is 1.57. The fraction of sp³-hybridized carbons (Fsp3) is 0.417. The van der Waals surface area contributed by atoms with Gasteiger partial charge in [-0.05, 0) is 43.4 Å². The average molecular weight is 223 g/mol. The molecule has 0 saturated carbocycles. The van der Waals surface area contributed by atoms with Crippen molar-refractivity contribution >= 4 is 16.8 Å². The monoisotopic (exact) mass is 223 g/mol. The van der Waals surface area contributed by atoms with E-state index < -0.39 is 0 Å². The summed E-state index contributed by atoms with van der Waals surface area (Å²) < 4.78 is 5.28. The summed E-state index contributed by atoms with van der Waals surface area (Å²) in [6.45, 7) is 4.18. The van der Waals surface area contributed by atoms with E-state index in [0.29, 0.717) is 0 Å². The SMILES string of the molecule is CN=C(SC)c1ccc(OC)c(C)c1C. The molecule has 1 aromatic carbocycles. The molecule has 0 aliphatic carbocycles. The number of methoxy groups -OCH3 is 1. The van der Waals surface area contributed by atoms with Crippen LogP contribution in [0.1, 0.15) is 16.7 Å². The van der Waals surface area contributed by atoms with Crippen LogP contribution in [0.3, 0.4) is 0 Å². The quantitative estimate of drug-likeness (QED) is 0.568. The lowest BCUT2D eigenvalue weighted by atomic mass is 10.0. The van der Waals surface area contributed by atoms with Gasteiger partial charge >= 0.3 is 0 Å². The maximum Gasteiger partial charge on any atom is 0.122 e. The molecule has 0 aliphatic heterocycles. The molecular formula is C12H17NOS. The molecule has 2 nitrogen and oxygen atoms in total. The second-order valence-electron chi connectivity index (χ2n) is 3.30. The molecule has 0 fully saturated rings. The first-order valence-corrected chi connectivity index (χ1v) is 6.03. The summed E-state index contributed by atoms with van der Waals surface area (Å²) in [7, 11) is 3.52. The summed E-state index contributed by atoms with van der Waals surface area (Å²) in [4.78, 5) is 4.27. The van der Waals surface area contributed by atoms with Gasteiger partial charge in [-0.3, -0.25) is 4.99 Å². The standard InChI is InChI=1S/C12H17NOS/c1-8-9(2)11(14-4)7-6-10(8)12(13-3)15-5/h6-7H,1-5H3. The summed E-state index contributed by atoms with van der Waals surface area (Å²) >= 11 is 1.67. The van der Waals surface area contributed by atoms with Crippen LogP contribution >= 0.6 is 11.8 Å². The van der Waals surface area contributed by atoms with Crippen LogP contribution in [0.5, 0.6) is 5.75 Å². The van der Waals surface area contributed by atoms with Crippen molar-refractivity contribution in [2.45, 2.75) is 13.8 Å². The van der Waals surface area contributed by atoms with Gasteiger partial charge in [-0.25, -0.2) is 0 Å². The summed E-state index contributed by atoms with van der Waals surface area (Å²) in [6.07, 6.45) is 2.04. The molecule has 0 saturated heterocycles. The number of rotatable bonds is 2. The molecule has 3 heteroatoms. The average Bonchev–Trinajstić information content (AvgIpc) is 2.26. The predicted octanol–water partition coefficient (Wildman–Crippen LogP) is 3.05. The third-order valence-electron chi connectivity index (χ3n) is 2.58. The van der Waals surface area contributed by atoms with Crippen LogP contribution in [0, 0.1) is 13.8 Å². The number of benzene rings is 1. The number of aliphatic imine (C=N–C) groups is 1. The number of thioether (sulfide) groups is 1. The van der Waals surface area contributed by atoms with Crippen LogP contribution in [-0.2, 0) is 0 Å². The Hall–Kier alpha value is -0.960. The number of hydrogen-bond donors (Lipinski definition) is 0. The molecular weight excluding hydrogens is 206 g/mol. The van der Waals surface area contributed by atoms with Crippen molar-refractivity contribution in [3.63, 3.8) is 0 Å². The second-order valence-corrected chi connectivity index (χ2v) is 4.09. The van der Waals surface area contributed by atoms with Crippen molar-refractivity contribution in [2.24, 2.45) is 4.99 Å². The van der Waals surface area contributed by atoms with Crippen LogP contribution in [0.4, 0.5) is 0 Å². The maximum atomic E-state index is 5.28. The zero-order chi connectivity index (χ0) is 11.4. The Labute approximate surface area is 95.8 Å². The predicted molar refractivity (Wildman–Crippen MR) is 68.4 cm³/mol. The lowest BCUT2D eigenvalue weighted by molar-refractivity contribution is 0.411. The molecule has 0 aromatic heterocycles. The van der Waals surface area contributed by atoms with E-state index in [1.807, 2.05) is 19.4 Å². The van der Waals surface area contributed by atoms with E-state index in [9.17, 15) is 0 Å². The van der Waals surface area contributed by atoms with E-state index in [4.69, 9.17) is 4.74 Å². The Balaban J connectivity index is 3.29. The van der Waals surface area contributed by atoms with Crippen molar-refractivity contribution < 1.29 is 4.74 Å². The van der Waals surface area contributed by atoms with E-state index >= 15 is 0 Å². The third-order valence-corrected chi connectivity index (χ3v) is 3.37. The maximum absolute atomic E-state index is 5.28. The molecule has 15 heavy (non-hydrogen) atoms. The topological polar surface area (TPSA) is 21.6 Å². The van der Waals surface area contributed by atoms with Crippen LogP contribution in [0.25, 0.3) is 0 Å². The first kappa shape index (κ1) is 12.1. The lowest BCUT2D eigenvalue weighted by Gasteiger charge is -2.12. The van der Waals surface area contributed by atoms with Crippen molar-refractivity contribution in [2.75, 3.05) is 20.4 Å². The number of nitrogens with zero attached hydrogens (tertiary/aromatic N) is 1.